The van der Waals surface area contributed by atoms with Gasteiger partial charge >= 0.3 is 13.1 Å². The summed E-state index contributed by atoms with van der Waals surface area (Å²) in [5, 5.41) is 36.3. The van der Waals surface area contributed by atoms with Crippen molar-refractivity contribution in [3.05, 3.63) is 29.1 Å². The molecule has 3 rings (SSSR count). The maximum Gasteiger partial charge on any atom is 0.451 e. The molecule has 0 aromatic heterocycles. The zero-order valence-corrected chi connectivity index (χ0v) is 14.8. The monoisotopic (exact) mass is 367 g/mol. The zero-order valence-electron chi connectivity index (χ0n) is 14.8. The lowest BCUT2D eigenvalue weighted by Crippen LogP contribution is -2.18. The highest BCUT2D eigenvalue weighted by Crippen LogP contribution is 2.42. The minimum absolute atomic E-state index is 0.179. The van der Waals surface area contributed by atoms with Crippen LogP contribution in [0.25, 0.3) is 0 Å². The summed E-state index contributed by atoms with van der Waals surface area (Å²) in [6.45, 7) is 0. The molecule has 1 aromatic rings. The zero-order chi connectivity index (χ0) is 19.3. The fraction of sp³-hybridized carbons (Fsp3) is 0.611. The largest absolute Gasteiger partial charge is 0.505 e. The first kappa shape index (κ1) is 20.7. The Balaban J connectivity index is 0.000000342. The highest BCUT2D eigenvalue weighted by Gasteiger charge is 2.38. The standard InChI is InChI=1S/C13H16BFO5.C5H11N/c15-10-5-8-4-7(2-1-3-14(19)20)12(13(17)18)9(8)6-11(10)16;6-5-3-1-2-4-5/h5-7,12,16,19-20H,1-4H2,(H,17,18);5H,1-4,6H2/t7?,12-;/m0./s1. The number of hydrogen-bond donors (Lipinski definition) is 5. The molecule has 0 aliphatic heterocycles. The van der Waals surface area contributed by atoms with Gasteiger partial charge in [-0.2, -0.15) is 0 Å². The topological polar surface area (TPSA) is 124 Å². The third-order valence-electron chi connectivity index (χ3n) is 5.20. The molecule has 1 saturated carbocycles. The lowest BCUT2D eigenvalue weighted by atomic mass is 9.80. The van der Waals surface area contributed by atoms with Crippen molar-refractivity contribution in [1.82, 2.24) is 0 Å². The number of benzene rings is 1. The van der Waals surface area contributed by atoms with E-state index in [2.05, 4.69) is 0 Å². The number of carboxylic acids is 1. The highest BCUT2D eigenvalue weighted by molar-refractivity contribution is 6.40. The molecule has 144 valence electrons. The van der Waals surface area contributed by atoms with E-state index >= 15 is 0 Å². The molecule has 0 spiro atoms. The molecule has 8 heteroatoms. The van der Waals surface area contributed by atoms with E-state index in [1.165, 1.54) is 37.8 Å². The van der Waals surface area contributed by atoms with Crippen LogP contribution < -0.4 is 5.73 Å². The Morgan fingerprint density at radius 1 is 1.27 bits per heavy atom. The smallest absolute Gasteiger partial charge is 0.451 e. The van der Waals surface area contributed by atoms with Crippen LogP contribution in [0, 0.1) is 11.7 Å². The molecular weight excluding hydrogens is 340 g/mol. The van der Waals surface area contributed by atoms with Crippen LogP contribution in [0.15, 0.2) is 12.1 Å². The third kappa shape index (κ3) is 5.43. The van der Waals surface area contributed by atoms with Crippen LogP contribution in [0.5, 0.6) is 5.75 Å². The van der Waals surface area contributed by atoms with E-state index < -0.39 is 30.6 Å². The molecule has 26 heavy (non-hydrogen) atoms. The lowest BCUT2D eigenvalue weighted by molar-refractivity contribution is -0.139. The SMILES string of the molecule is NC1CCCC1.O=C(O)[C@@H]1c2cc(O)c(F)cc2CC1CCCB(O)O. The first-order valence-corrected chi connectivity index (χ1v) is 9.15. The van der Waals surface area contributed by atoms with Gasteiger partial charge in [-0.25, -0.2) is 4.39 Å². The first-order valence-electron chi connectivity index (χ1n) is 9.15. The maximum atomic E-state index is 13.3. The summed E-state index contributed by atoms with van der Waals surface area (Å²) in [5.74, 6) is -3.31. The van der Waals surface area contributed by atoms with E-state index in [4.69, 9.17) is 15.8 Å². The Hall–Kier alpha value is -1.64. The van der Waals surface area contributed by atoms with Crippen LogP contribution in [0.1, 0.15) is 55.6 Å². The normalized spacial score (nSPS) is 21.8. The molecule has 0 saturated heterocycles. The van der Waals surface area contributed by atoms with Gasteiger partial charge in [0.1, 0.15) is 0 Å². The predicted molar refractivity (Wildman–Crippen MR) is 96.3 cm³/mol. The first-order chi connectivity index (χ1) is 12.3. The summed E-state index contributed by atoms with van der Waals surface area (Å²) in [4.78, 5) is 11.4. The number of fused-ring (bicyclic) bond motifs is 1. The fourth-order valence-electron chi connectivity index (χ4n) is 3.86. The van der Waals surface area contributed by atoms with Crippen molar-refractivity contribution in [1.29, 1.82) is 0 Å². The van der Waals surface area contributed by atoms with Crippen molar-refractivity contribution in [2.24, 2.45) is 11.7 Å². The highest BCUT2D eigenvalue weighted by atomic mass is 19.1. The molecule has 6 N–H and O–H groups in total. The van der Waals surface area contributed by atoms with Gasteiger partial charge in [-0.1, -0.05) is 19.3 Å². The van der Waals surface area contributed by atoms with Gasteiger partial charge in [0.2, 0.25) is 0 Å². The summed E-state index contributed by atoms with van der Waals surface area (Å²) in [7, 11) is -1.40. The van der Waals surface area contributed by atoms with E-state index in [-0.39, 0.29) is 12.2 Å². The van der Waals surface area contributed by atoms with E-state index in [0.717, 1.165) is 0 Å². The summed E-state index contributed by atoms with van der Waals surface area (Å²) >= 11 is 0. The molecule has 1 unspecified atom stereocenters. The molecule has 0 radical (unpaired) electrons. The van der Waals surface area contributed by atoms with Crippen LogP contribution in [-0.4, -0.2) is 39.4 Å². The summed E-state index contributed by atoms with van der Waals surface area (Å²) in [6.07, 6.45) is 6.84. The summed E-state index contributed by atoms with van der Waals surface area (Å²) in [5.41, 5.74) is 6.58. The van der Waals surface area contributed by atoms with Crippen LogP contribution in [-0.2, 0) is 11.2 Å². The summed E-state index contributed by atoms with van der Waals surface area (Å²) < 4.78 is 13.3. The van der Waals surface area contributed by atoms with Crippen molar-refractivity contribution in [3.8, 4) is 5.75 Å². The summed E-state index contributed by atoms with van der Waals surface area (Å²) in [6, 6.07) is 2.91. The molecule has 0 bridgehead atoms. The molecule has 0 amide bonds. The molecule has 2 aliphatic rings. The number of halogens is 1. The van der Waals surface area contributed by atoms with E-state index in [1.807, 2.05) is 0 Å². The molecule has 6 nitrogen and oxygen atoms in total. The number of carboxylic acid groups (broad SMARTS) is 1. The van der Waals surface area contributed by atoms with Crippen molar-refractivity contribution >= 4 is 13.1 Å². The van der Waals surface area contributed by atoms with E-state index in [0.29, 0.717) is 36.4 Å². The second-order valence-electron chi connectivity index (χ2n) is 7.24. The van der Waals surface area contributed by atoms with E-state index in [9.17, 15) is 19.4 Å². The second-order valence-corrected chi connectivity index (χ2v) is 7.24. The molecule has 2 aliphatic carbocycles. The molecule has 1 fully saturated rings. The van der Waals surface area contributed by atoms with Gasteiger partial charge in [-0.05, 0) is 61.2 Å². The Kier molecular flexibility index (Phi) is 7.43. The molecule has 1 aromatic carbocycles. The number of phenolic OH excluding ortho intramolecular Hbond substituents is 1. The van der Waals surface area contributed by atoms with Gasteiger partial charge in [0.15, 0.2) is 11.6 Å². The number of carbonyl (C=O) groups is 1. The number of rotatable bonds is 5. The van der Waals surface area contributed by atoms with Crippen molar-refractivity contribution < 1.29 is 29.4 Å². The minimum atomic E-state index is -1.40. The van der Waals surface area contributed by atoms with Crippen LogP contribution in [0.3, 0.4) is 0 Å². The van der Waals surface area contributed by atoms with Gasteiger partial charge < -0.3 is 26.0 Å². The Morgan fingerprint density at radius 2 is 1.92 bits per heavy atom. The van der Waals surface area contributed by atoms with Crippen LogP contribution in [0.2, 0.25) is 6.32 Å². The Morgan fingerprint density at radius 3 is 2.42 bits per heavy atom. The number of aliphatic carboxylic acids is 1. The second kappa shape index (κ2) is 9.34. The fourth-order valence-corrected chi connectivity index (χ4v) is 3.86. The van der Waals surface area contributed by atoms with Crippen LogP contribution in [0.4, 0.5) is 4.39 Å². The molecule has 2 atom stereocenters. The lowest BCUT2D eigenvalue weighted by Gasteiger charge is -2.16. The van der Waals surface area contributed by atoms with Crippen LogP contribution >= 0.6 is 0 Å². The average molecular weight is 367 g/mol. The van der Waals surface area contributed by atoms with Gasteiger partial charge in [0.05, 0.1) is 5.92 Å². The number of hydrogen-bond acceptors (Lipinski definition) is 5. The van der Waals surface area contributed by atoms with Gasteiger partial charge in [0.25, 0.3) is 0 Å². The average Bonchev–Trinajstić information content (AvgIpc) is 3.15. The maximum absolute atomic E-state index is 13.3. The van der Waals surface area contributed by atoms with Gasteiger partial charge in [-0.3, -0.25) is 4.79 Å². The van der Waals surface area contributed by atoms with Gasteiger partial charge in [0, 0.05) is 6.04 Å². The van der Waals surface area contributed by atoms with Crippen molar-refractivity contribution in [2.75, 3.05) is 0 Å². The van der Waals surface area contributed by atoms with E-state index in [1.54, 1.807) is 0 Å². The third-order valence-corrected chi connectivity index (χ3v) is 5.20. The number of nitrogens with two attached hydrogens (primary N) is 1. The van der Waals surface area contributed by atoms with Crippen molar-refractivity contribution in [2.45, 2.75) is 63.2 Å². The Bertz CT molecular complexity index is 622. The number of phenols is 1. The predicted octanol–water partition coefficient (Wildman–Crippen LogP) is 2.01. The number of aromatic hydroxyl groups is 1. The minimum Gasteiger partial charge on any atom is -0.505 e. The molecular formula is C18H27BFNO5. The quantitative estimate of drug-likeness (QED) is 0.507. The van der Waals surface area contributed by atoms with Crippen molar-refractivity contribution in [3.63, 3.8) is 0 Å². The van der Waals surface area contributed by atoms with Gasteiger partial charge in [-0.15, -0.1) is 0 Å². The molecule has 0 heterocycles. The Labute approximate surface area is 153 Å².